The summed E-state index contributed by atoms with van der Waals surface area (Å²) >= 11 is 3.88. The fourth-order valence-corrected chi connectivity index (χ4v) is 3.65. The van der Waals surface area contributed by atoms with Crippen molar-refractivity contribution in [3.63, 3.8) is 0 Å². The molecule has 0 saturated heterocycles. The van der Waals surface area contributed by atoms with Crippen LogP contribution in [0.15, 0.2) is 48.5 Å². The van der Waals surface area contributed by atoms with Crippen LogP contribution in [0, 0.1) is 0 Å². The molecular weight excluding hydrogens is 324 g/mol. The maximum Gasteiger partial charge on any atom is 0.122 e. The molecule has 1 nitrogen and oxygen atoms in total. The molecule has 0 aromatic heterocycles. The van der Waals surface area contributed by atoms with Crippen molar-refractivity contribution < 1.29 is 4.74 Å². The zero-order valence-corrected chi connectivity index (χ0v) is 14.1. The first-order chi connectivity index (χ1) is 10.2. The molecule has 3 rings (SSSR count). The molecule has 1 aliphatic rings. The SMILES string of the molecule is CCC(C)c1ccc(C(Br)C2COc3ccccc32)cc1. The molecule has 3 unspecified atom stereocenters. The Labute approximate surface area is 135 Å². The normalized spacial score (nSPS) is 19.7. The van der Waals surface area contributed by atoms with Gasteiger partial charge in [-0.05, 0) is 29.5 Å². The number of rotatable bonds is 4. The van der Waals surface area contributed by atoms with Crippen molar-refractivity contribution in [3.05, 3.63) is 65.2 Å². The summed E-state index contributed by atoms with van der Waals surface area (Å²) < 4.78 is 5.80. The van der Waals surface area contributed by atoms with E-state index in [0.29, 0.717) is 16.7 Å². The Hall–Kier alpha value is -1.28. The first-order valence-electron chi connectivity index (χ1n) is 7.66. The van der Waals surface area contributed by atoms with E-state index >= 15 is 0 Å². The largest absolute Gasteiger partial charge is 0.493 e. The monoisotopic (exact) mass is 344 g/mol. The van der Waals surface area contributed by atoms with E-state index in [1.807, 2.05) is 6.07 Å². The first kappa shape index (κ1) is 14.6. The van der Waals surface area contributed by atoms with Gasteiger partial charge in [-0.15, -0.1) is 0 Å². The van der Waals surface area contributed by atoms with E-state index in [9.17, 15) is 0 Å². The van der Waals surface area contributed by atoms with Gasteiger partial charge in [-0.25, -0.2) is 0 Å². The minimum absolute atomic E-state index is 0.298. The van der Waals surface area contributed by atoms with Crippen molar-refractivity contribution in [2.45, 2.75) is 36.9 Å². The summed E-state index contributed by atoms with van der Waals surface area (Å²) in [6.45, 7) is 5.27. The molecular formula is C19H21BrO. The third-order valence-electron chi connectivity index (χ3n) is 4.53. The molecule has 2 aromatic carbocycles. The third-order valence-corrected chi connectivity index (χ3v) is 5.69. The van der Waals surface area contributed by atoms with Crippen LogP contribution in [-0.4, -0.2) is 6.61 Å². The summed E-state index contributed by atoms with van der Waals surface area (Å²) in [5, 5.41) is 0. The highest BCUT2D eigenvalue weighted by Gasteiger charge is 2.30. The predicted octanol–water partition coefficient (Wildman–Crippen LogP) is 5.81. The molecule has 0 bridgehead atoms. The molecule has 0 fully saturated rings. The molecule has 1 heterocycles. The maximum atomic E-state index is 5.80. The van der Waals surface area contributed by atoms with Gasteiger partial charge in [0.15, 0.2) is 0 Å². The molecule has 110 valence electrons. The summed E-state index contributed by atoms with van der Waals surface area (Å²) in [6, 6.07) is 17.4. The van der Waals surface area contributed by atoms with E-state index in [4.69, 9.17) is 4.74 Å². The van der Waals surface area contributed by atoms with Gasteiger partial charge in [0.05, 0.1) is 6.61 Å². The fourth-order valence-electron chi connectivity index (χ4n) is 2.91. The lowest BCUT2D eigenvalue weighted by molar-refractivity contribution is 0.329. The highest BCUT2D eigenvalue weighted by molar-refractivity contribution is 9.09. The van der Waals surface area contributed by atoms with E-state index in [1.165, 1.54) is 23.1 Å². The minimum atomic E-state index is 0.298. The lowest BCUT2D eigenvalue weighted by Crippen LogP contribution is -2.07. The summed E-state index contributed by atoms with van der Waals surface area (Å²) in [5.74, 6) is 2.04. The predicted molar refractivity (Wildman–Crippen MR) is 91.5 cm³/mol. The molecule has 2 heteroatoms. The maximum absolute atomic E-state index is 5.80. The van der Waals surface area contributed by atoms with Crippen LogP contribution in [-0.2, 0) is 0 Å². The van der Waals surface area contributed by atoms with Crippen molar-refractivity contribution in [1.82, 2.24) is 0 Å². The zero-order valence-electron chi connectivity index (χ0n) is 12.6. The topological polar surface area (TPSA) is 9.23 Å². The molecule has 0 aliphatic carbocycles. The van der Waals surface area contributed by atoms with Crippen LogP contribution in [0.5, 0.6) is 5.75 Å². The number of ether oxygens (including phenoxy) is 1. The van der Waals surface area contributed by atoms with Crippen LogP contribution in [0.2, 0.25) is 0 Å². The molecule has 2 aromatic rings. The lowest BCUT2D eigenvalue weighted by atomic mass is 9.91. The summed E-state index contributed by atoms with van der Waals surface area (Å²) in [6.07, 6.45) is 1.18. The third kappa shape index (κ3) is 2.87. The Bertz CT molecular complexity index is 605. The number of fused-ring (bicyclic) bond motifs is 1. The standard InChI is InChI=1S/C19H21BrO/c1-3-13(2)14-8-10-15(11-9-14)19(20)17-12-21-18-7-5-4-6-16(17)18/h4-11,13,17,19H,3,12H2,1-2H3. The van der Waals surface area contributed by atoms with Crippen molar-refractivity contribution in [3.8, 4) is 5.75 Å². The number of hydrogen-bond donors (Lipinski definition) is 0. The molecule has 1 aliphatic heterocycles. The van der Waals surface area contributed by atoms with E-state index in [2.05, 4.69) is 72.2 Å². The number of para-hydroxylation sites is 1. The summed E-state index contributed by atoms with van der Waals surface area (Å²) in [7, 11) is 0. The van der Waals surface area contributed by atoms with E-state index < -0.39 is 0 Å². The Morgan fingerprint density at radius 1 is 1.10 bits per heavy atom. The van der Waals surface area contributed by atoms with Crippen LogP contribution in [0.4, 0.5) is 0 Å². The molecule has 3 atom stereocenters. The second kappa shape index (κ2) is 6.23. The zero-order chi connectivity index (χ0) is 14.8. The average molecular weight is 345 g/mol. The van der Waals surface area contributed by atoms with Gasteiger partial charge in [0.25, 0.3) is 0 Å². The number of benzene rings is 2. The minimum Gasteiger partial charge on any atom is -0.493 e. The van der Waals surface area contributed by atoms with Crippen molar-refractivity contribution in [1.29, 1.82) is 0 Å². The number of alkyl halides is 1. The van der Waals surface area contributed by atoms with Crippen molar-refractivity contribution >= 4 is 15.9 Å². The Morgan fingerprint density at radius 3 is 2.48 bits per heavy atom. The van der Waals surface area contributed by atoms with Gasteiger partial charge in [-0.3, -0.25) is 0 Å². The van der Waals surface area contributed by atoms with Crippen LogP contribution >= 0.6 is 15.9 Å². The molecule has 0 radical (unpaired) electrons. The van der Waals surface area contributed by atoms with Crippen molar-refractivity contribution in [2.75, 3.05) is 6.61 Å². The lowest BCUT2D eigenvalue weighted by Gasteiger charge is -2.18. The van der Waals surface area contributed by atoms with Crippen LogP contribution in [0.3, 0.4) is 0 Å². The molecule has 0 saturated carbocycles. The van der Waals surface area contributed by atoms with E-state index in [-0.39, 0.29) is 0 Å². The second-order valence-electron chi connectivity index (χ2n) is 5.83. The highest BCUT2D eigenvalue weighted by Crippen LogP contribution is 2.45. The first-order valence-corrected chi connectivity index (χ1v) is 8.58. The average Bonchev–Trinajstić information content (AvgIpc) is 2.97. The molecule has 21 heavy (non-hydrogen) atoms. The van der Waals surface area contributed by atoms with Crippen LogP contribution in [0.1, 0.15) is 53.6 Å². The van der Waals surface area contributed by atoms with Gasteiger partial charge in [0.1, 0.15) is 5.75 Å². The Morgan fingerprint density at radius 2 is 1.76 bits per heavy atom. The van der Waals surface area contributed by atoms with Gasteiger partial charge in [0, 0.05) is 16.3 Å². The molecule has 0 N–H and O–H groups in total. The highest BCUT2D eigenvalue weighted by atomic mass is 79.9. The van der Waals surface area contributed by atoms with Gasteiger partial charge < -0.3 is 4.74 Å². The smallest absolute Gasteiger partial charge is 0.122 e. The van der Waals surface area contributed by atoms with Gasteiger partial charge >= 0.3 is 0 Å². The van der Waals surface area contributed by atoms with Crippen LogP contribution < -0.4 is 4.74 Å². The van der Waals surface area contributed by atoms with Gasteiger partial charge in [0.2, 0.25) is 0 Å². The molecule has 0 amide bonds. The quantitative estimate of drug-likeness (QED) is 0.635. The fraction of sp³-hybridized carbons (Fsp3) is 0.368. The van der Waals surface area contributed by atoms with E-state index in [0.717, 1.165) is 12.4 Å². The van der Waals surface area contributed by atoms with Gasteiger partial charge in [-0.2, -0.15) is 0 Å². The van der Waals surface area contributed by atoms with Gasteiger partial charge in [-0.1, -0.05) is 72.2 Å². The van der Waals surface area contributed by atoms with Crippen LogP contribution in [0.25, 0.3) is 0 Å². The molecule has 0 spiro atoms. The Kier molecular flexibility index (Phi) is 4.34. The van der Waals surface area contributed by atoms with E-state index in [1.54, 1.807) is 0 Å². The Balaban J connectivity index is 1.81. The number of hydrogen-bond acceptors (Lipinski definition) is 1. The summed E-state index contributed by atoms with van der Waals surface area (Å²) in [5.41, 5.74) is 4.06. The summed E-state index contributed by atoms with van der Waals surface area (Å²) in [4.78, 5) is 0.298. The second-order valence-corrected chi connectivity index (χ2v) is 6.82. The van der Waals surface area contributed by atoms with Crippen molar-refractivity contribution in [2.24, 2.45) is 0 Å². The number of halogens is 1.